The standard InChI is InChI=1S/C24H37F3N2O5S/c1-28(35(32,33)23-10-8-22(9-11-23)24(25,26)27)18-20-4-6-21(7-5-20)19-34-17-3-2-12-29(13-15-30)14-16-31/h2-3,8-11,20-21,30-31H,4-7,12-19H2,1H3/b3-2+. The van der Waals surface area contributed by atoms with Gasteiger partial charge in [-0.05, 0) is 61.8 Å². The lowest BCUT2D eigenvalue weighted by Gasteiger charge is -2.30. The van der Waals surface area contributed by atoms with Gasteiger partial charge in [0.15, 0.2) is 0 Å². The highest BCUT2D eigenvalue weighted by atomic mass is 32.2. The maximum Gasteiger partial charge on any atom is 0.416 e. The molecule has 35 heavy (non-hydrogen) atoms. The number of aliphatic hydroxyl groups is 2. The largest absolute Gasteiger partial charge is 0.416 e. The third-order valence-electron chi connectivity index (χ3n) is 6.30. The number of alkyl halides is 3. The number of hydrogen-bond acceptors (Lipinski definition) is 6. The van der Waals surface area contributed by atoms with E-state index in [0.717, 1.165) is 49.9 Å². The molecule has 0 radical (unpaired) electrons. The van der Waals surface area contributed by atoms with Crippen LogP contribution in [0.25, 0.3) is 0 Å². The fourth-order valence-corrected chi connectivity index (χ4v) is 5.46. The van der Waals surface area contributed by atoms with Crippen LogP contribution < -0.4 is 0 Å². The van der Waals surface area contributed by atoms with Crippen LogP contribution in [0.2, 0.25) is 0 Å². The average Bonchev–Trinajstić information content (AvgIpc) is 2.82. The minimum atomic E-state index is -4.51. The van der Waals surface area contributed by atoms with Crippen LogP contribution in [0.4, 0.5) is 13.2 Å². The molecule has 0 aromatic heterocycles. The monoisotopic (exact) mass is 522 g/mol. The summed E-state index contributed by atoms with van der Waals surface area (Å²) in [4.78, 5) is 1.80. The fourth-order valence-electron chi connectivity index (χ4n) is 4.21. The van der Waals surface area contributed by atoms with Gasteiger partial charge >= 0.3 is 6.18 Å². The van der Waals surface area contributed by atoms with Crippen molar-refractivity contribution in [1.29, 1.82) is 0 Å². The summed E-state index contributed by atoms with van der Waals surface area (Å²) in [6.07, 6.45) is 2.98. The topological polar surface area (TPSA) is 90.3 Å². The van der Waals surface area contributed by atoms with Gasteiger partial charge < -0.3 is 14.9 Å². The number of sulfonamides is 1. The molecule has 0 bridgehead atoms. The minimum absolute atomic E-state index is 0.0454. The second-order valence-corrected chi connectivity index (χ2v) is 11.0. The highest BCUT2D eigenvalue weighted by Crippen LogP contribution is 2.32. The number of halogens is 3. The second kappa shape index (κ2) is 14.3. The molecule has 7 nitrogen and oxygen atoms in total. The van der Waals surface area contributed by atoms with E-state index in [-0.39, 0.29) is 24.0 Å². The highest BCUT2D eigenvalue weighted by molar-refractivity contribution is 7.89. The van der Waals surface area contributed by atoms with E-state index in [1.807, 2.05) is 17.1 Å². The predicted molar refractivity (Wildman–Crippen MR) is 127 cm³/mol. The van der Waals surface area contributed by atoms with Gasteiger partial charge in [0.1, 0.15) is 0 Å². The molecular formula is C24H37F3N2O5S. The Morgan fingerprint density at radius 2 is 1.57 bits per heavy atom. The van der Waals surface area contributed by atoms with Crippen LogP contribution in [0, 0.1) is 11.8 Å². The van der Waals surface area contributed by atoms with Gasteiger partial charge in [-0.15, -0.1) is 0 Å². The molecule has 1 aliphatic carbocycles. The first kappa shape index (κ1) is 29.7. The van der Waals surface area contributed by atoms with E-state index in [1.165, 1.54) is 11.4 Å². The van der Waals surface area contributed by atoms with Crippen LogP contribution in [0.15, 0.2) is 41.3 Å². The van der Waals surface area contributed by atoms with Gasteiger partial charge in [-0.2, -0.15) is 13.2 Å². The Kier molecular flexibility index (Phi) is 12.1. The summed E-state index contributed by atoms with van der Waals surface area (Å²) in [7, 11) is -2.38. The second-order valence-electron chi connectivity index (χ2n) is 8.95. The van der Waals surface area contributed by atoms with Crippen molar-refractivity contribution < 1.29 is 36.5 Å². The molecule has 1 saturated carbocycles. The Bertz CT molecular complexity index is 864. The Hall–Kier alpha value is -1.50. The van der Waals surface area contributed by atoms with Crippen LogP contribution in [-0.4, -0.2) is 87.5 Å². The van der Waals surface area contributed by atoms with Crippen molar-refractivity contribution in [2.45, 2.75) is 36.8 Å². The molecule has 0 unspecified atom stereocenters. The average molecular weight is 523 g/mol. The molecule has 200 valence electrons. The van der Waals surface area contributed by atoms with Gasteiger partial charge in [-0.25, -0.2) is 12.7 Å². The van der Waals surface area contributed by atoms with Crippen LogP contribution in [0.1, 0.15) is 31.2 Å². The summed E-state index contributed by atoms with van der Waals surface area (Å²) in [5.41, 5.74) is -0.875. The Morgan fingerprint density at radius 1 is 1.00 bits per heavy atom. The van der Waals surface area contributed by atoms with Gasteiger partial charge in [0, 0.05) is 39.8 Å². The molecule has 0 atom stereocenters. The Morgan fingerprint density at radius 3 is 2.11 bits per heavy atom. The number of rotatable bonds is 14. The maximum atomic E-state index is 12.8. The molecule has 0 amide bonds. The van der Waals surface area contributed by atoms with E-state index in [9.17, 15) is 21.6 Å². The van der Waals surface area contributed by atoms with E-state index in [4.69, 9.17) is 14.9 Å². The first-order valence-electron chi connectivity index (χ1n) is 11.9. The minimum Gasteiger partial charge on any atom is -0.395 e. The summed E-state index contributed by atoms with van der Waals surface area (Å²) < 4.78 is 70.7. The zero-order valence-electron chi connectivity index (χ0n) is 20.2. The smallest absolute Gasteiger partial charge is 0.395 e. The number of benzene rings is 1. The van der Waals surface area contributed by atoms with E-state index in [2.05, 4.69) is 0 Å². The van der Waals surface area contributed by atoms with Crippen molar-refractivity contribution >= 4 is 10.0 Å². The molecule has 0 aliphatic heterocycles. The summed E-state index contributed by atoms with van der Waals surface area (Å²) in [6, 6.07) is 3.60. The normalized spacial score (nSPS) is 19.8. The Balaban J connectivity index is 1.71. The van der Waals surface area contributed by atoms with E-state index < -0.39 is 21.8 Å². The number of nitrogens with zero attached hydrogens (tertiary/aromatic N) is 2. The van der Waals surface area contributed by atoms with Crippen LogP contribution in [0.5, 0.6) is 0 Å². The van der Waals surface area contributed by atoms with Crippen LogP contribution >= 0.6 is 0 Å². The molecule has 1 fully saturated rings. The summed E-state index contributed by atoms with van der Waals surface area (Å²) in [5.74, 6) is 0.612. The number of ether oxygens (including phenoxy) is 1. The SMILES string of the molecule is CN(CC1CCC(COC/C=C/CN(CCO)CCO)CC1)S(=O)(=O)c1ccc(C(F)(F)F)cc1. The lowest BCUT2D eigenvalue weighted by atomic mass is 9.82. The maximum absolute atomic E-state index is 12.8. The van der Waals surface area contributed by atoms with Crippen molar-refractivity contribution in [3.63, 3.8) is 0 Å². The molecule has 1 aromatic carbocycles. The van der Waals surface area contributed by atoms with E-state index in [1.54, 1.807) is 0 Å². The predicted octanol–water partition coefficient (Wildman–Crippen LogP) is 2.99. The number of hydrogen-bond donors (Lipinski definition) is 2. The number of aliphatic hydroxyl groups excluding tert-OH is 2. The van der Waals surface area contributed by atoms with Gasteiger partial charge in [0.25, 0.3) is 0 Å². The molecule has 0 saturated heterocycles. The summed E-state index contributed by atoms with van der Waals surface area (Å²) in [5, 5.41) is 18.0. The lowest BCUT2D eigenvalue weighted by Crippen LogP contribution is -2.34. The molecule has 11 heteroatoms. The van der Waals surface area contributed by atoms with Crippen molar-refractivity contribution in [3.8, 4) is 0 Å². The first-order valence-corrected chi connectivity index (χ1v) is 13.3. The van der Waals surface area contributed by atoms with Crippen molar-refractivity contribution in [2.75, 3.05) is 59.7 Å². The summed E-state index contributed by atoms with van der Waals surface area (Å²) in [6.45, 7) is 3.20. The van der Waals surface area contributed by atoms with Gasteiger partial charge in [-0.3, -0.25) is 4.90 Å². The highest BCUT2D eigenvalue weighted by Gasteiger charge is 2.32. The fraction of sp³-hybridized carbons (Fsp3) is 0.667. The van der Waals surface area contributed by atoms with Crippen LogP contribution in [-0.2, 0) is 20.9 Å². The third kappa shape index (κ3) is 9.82. The Labute approximate surface area is 206 Å². The quantitative estimate of drug-likeness (QED) is 0.289. The van der Waals surface area contributed by atoms with Gasteiger partial charge in [0.05, 0.1) is 30.3 Å². The molecule has 1 aliphatic rings. The third-order valence-corrected chi connectivity index (χ3v) is 8.14. The van der Waals surface area contributed by atoms with Crippen LogP contribution in [0.3, 0.4) is 0 Å². The molecular weight excluding hydrogens is 485 g/mol. The lowest BCUT2D eigenvalue weighted by molar-refractivity contribution is -0.137. The molecule has 1 aromatic rings. The molecule has 2 rings (SSSR count). The van der Waals surface area contributed by atoms with Gasteiger partial charge in [-0.1, -0.05) is 12.2 Å². The van der Waals surface area contributed by atoms with E-state index >= 15 is 0 Å². The molecule has 0 spiro atoms. The summed E-state index contributed by atoms with van der Waals surface area (Å²) >= 11 is 0. The van der Waals surface area contributed by atoms with Crippen molar-refractivity contribution in [3.05, 3.63) is 42.0 Å². The van der Waals surface area contributed by atoms with Crippen molar-refractivity contribution in [1.82, 2.24) is 9.21 Å². The zero-order chi connectivity index (χ0) is 25.9. The zero-order valence-corrected chi connectivity index (χ0v) is 21.0. The van der Waals surface area contributed by atoms with Crippen molar-refractivity contribution in [2.24, 2.45) is 11.8 Å². The molecule has 2 N–H and O–H groups in total. The first-order chi connectivity index (χ1) is 16.6. The van der Waals surface area contributed by atoms with E-state index in [0.29, 0.717) is 45.3 Å². The van der Waals surface area contributed by atoms with Gasteiger partial charge in [0.2, 0.25) is 10.0 Å². The molecule has 0 heterocycles.